The number of imidazole rings is 1. The van der Waals surface area contributed by atoms with Gasteiger partial charge in [0.1, 0.15) is 0 Å². The van der Waals surface area contributed by atoms with Crippen LogP contribution in [0.5, 0.6) is 0 Å². The van der Waals surface area contributed by atoms with Gasteiger partial charge in [0, 0.05) is 26.3 Å². The molecule has 0 radical (unpaired) electrons. The Morgan fingerprint density at radius 2 is 1.83 bits per heavy atom. The van der Waals surface area contributed by atoms with Crippen molar-refractivity contribution in [2.24, 2.45) is 11.3 Å². The number of thiophene rings is 1. The number of nitrogens with zero attached hydrogens (tertiary/aromatic N) is 2. The Balaban J connectivity index is 2.07. The number of rotatable bonds is 7. The highest BCUT2D eigenvalue weighted by atomic mass is 127. The van der Waals surface area contributed by atoms with Gasteiger partial charge in [0.15, 0.2) is 8.32 Å². The summed E-state index contributed by atoms with van der Waals surface area (Å²) in [5.74, 6) is 0.631. The van der Waals surface area contributed by atoms with E-state index in [0.717, 1.165) is 0 Å². The van der Waals surface area contributed by atoms with Gasteiger partial charge in [-0.3, -0.25) is 0 Å². The van der Waals surface area contributed by atoms with Crippen LogP contribution < -0.4 is 0 Å². The van der Waals surface area contributed by atoms with Crippen molar-refractivity contribution in [1.82, 2.24) is 9.55 Å². The molecule has 2 aromatic heterocycles. The Morgan fingerprint density at radius 3 is 2.33 bits per heavy atom. The van der Waals surface area contributed by atoms with Gasteiger partial charge in [0.2, 0.25) is 0 Å². The van der Waals surface area contributed by atoms with Crippen molar-refractivity contribution < 1.29 is 4.43 Å². The molecule has 0 aliphatic heterocycles. The molecule has 2 atom stereocenters. The third-order valence-corrected chi connectivity index (χ3v) is 14.2. The van der Waals surface area contributed by atoms with E-state index in [1.807, 2.05) is 23.9 Å². The number of hydrogen-bond acceptors (Lipinski definition) is 3. The fourth-order valence-electron chi connectivity index (χ4n) is 4.72. The first-order valence-electron chi connectivity index (χ1n) is 11.3. The van der Waals surface area contributed by atoms with Crippen molar-refractivity contribution >= 4 is 42.2 Å². The second-order valence-electron chi connectivity index (χ2n) is 11.1. The van der Waals surface area contributed by atoms with Gasteiger partial charge in [-0.15, -0.1) is 11.3 Å². The minimum atomic E-state index is -1.91. The third-order valence-electron chi connectivity index (χ3n) is 7.46. The van der Waals surface area contributed by atoms with E-state index in [-0.39, 0.29) is 22.6 Å². The molecule has 6 heteroatoms. The van der Waals surface area contributed by atoms with E-state index < -0.39 is 8.32 Å². The summed E-state index contributed by atoms with van der Waals surface area (Å²) in [6.45, 7) is 16.8. The Kier molecular flexibility index (Phi) is 7.63. The molecule has 0 aromatic carbocycles. The van der Waals surface area contributed by atoms with E-state index >= 15 is 0 Å². The zero-order valence-corrected chi connectivity index (χ0v) is 23.7. The Bertz CT molecular complexity index is 804. The Hall–Kier alpha value is -0.183. The first-order chi connectivity index (χ1) is 13.9. The van der Waals surface area contributed by atoms with Gasteiger partial charge in [-0.2, -0.15) is 0 Å². The lowest BCUT2D eigenvalue weighted by Gasteiger charge is -2.50. The first-order valence-corrected chi connectivity index (χ1v) is 16.2. The highest BCUT2D eigenvalue weighted by Crippen LogP contribution is 2.51. The van der Waals surface area contributed by atoms with Crippen LogP contribution in [0.3, 0.4) is 0 Å². The van der Waals surface area contributed by atoms with Crippen LogP contribution in [0.15, 0.2) is 30.2 Å². The Morgan fingerprint density at radius 1 is 1.17 bits per heavy atom. The summed E-state index contributed by atoms with van der Waals surface area (Å²) in [5.41, 5.74) is -0.0526. The van der Waals surface area contributed by atoms with Gasteiger partial charge in [-0.05, 0) is 70.9 Å². The molecule has 2 aromatic rings. The maximum Gasteiger partial charge on any atom is 0.192 e. The topological polar surface area (TPSA) is 27.1 Å². The zero-order chi connectivity index (χ0) is 22.2. The molecule has 0 amide bonds. The second kappa shape index (κ2) is 9.36. The molecule has 30 heavy (non-hydrogen) atoms. The van der Waals surface area contributed by atoms with Crippen molar-refractivity contribution in [3.05, 3.63) is 38.6 Å². The summed E-state index contributed by atoms with van der Waals surface area (Å²) in [7, 11) is -1.91. The van der Waals surface area contributed by atoms with E-state index in [4.69, 9.17) is 4.43 Å². The molecule has 168 valence electrons. The standard InChI is InChI=1S/C24H39IN2OSSi/c1-23(2,3)30(6,7)28-22(18-11-9-8-10-12-18)24(4,5)21(27-15-14-26-17-27)20-19(25)13-16-29-20/h13-18,21-22H,8-12H2,1-7H3. The molecule has 1 aliphatic rings. The van der Waals surface area contributed by atoms with Crippen molar-refractivity contribution in [1.29, 1.82) is 0 Å². The van der Waals surface area contributed by atoms with E-state index in [1.54, 1.807) is 0 Å². The number of hydrogen-bond donors (Lipinski definition) is 0. The SMILES string of the molecule is CC(C)(C(O[Si](C)(C)C(C)(C)C)C1CCCCC1)C(c1sccc1I)n1ccnc1. The quantitative estimate of drug-likeness (QED) is 0.253. The molecule has 1 fully saturated rings. The van der Waals surface area contributed by atoms with E-state index in [1.165, 1.54) is 40.6 Å². The molecule has 0 bridgehead atoms. The molecule has 2 heterocycles. The minimum Gasteiger partial charge on any atom is -0.413 e. The summed E-state index contributed by atoms with van der Waals surface area (Å²) < 4.78 is 11.0. The van der Waals surface area contributed by atoms with Crippen LogP contribution in [-0.4, -0.2) is 24.0 Å². The maximum atomic E-state index is 7.33. The van der Waals surface area contributed by atoms with Crippen molar-refractivity contribution in [3.8, 4) is 0 Å². The van der Waals surface area contributed by atoms with Gasteiger partial charge in [-0.1, -0.05) is 53.9 Å². The highest BCUT2D eigenvalue weighted by molar-refractivity contribution is 14.1. The molecule has 0 saturated heterocycles. The summed E-state index contributed by atoms with van der Waals surface area (Å²) >= 11 is 4.37. The maximum absolute atomic E-state index is 7.33. The largest absolute Gasteiger partial charge is 0.413 e. The van der Waals surface area contributed by atoms with E-state index in [9.17, 15) is 0 Å². The molecular formula is C24H39IN2OSSi. The zero-order valence-electron chi connectivity index (χ0n) is 19.7. The van der Waals surface area contributed by atoms with E-state index in [2.05, 4.69) is 97.5 Å². The first kappa shape index (κ1) is 24.5. The molecule has 1 saturated carbocycles. The Labute approximate surface area is 202 Å². The molecule has 1 aliphatic carbocycles. The van der Waals surface area contributed by atoms with Crippen LogP contribution in [0.25, 0.3) is 0 Å². The average molecular weight is 559 g/mol. The minimum absolute atomic E-state index is 0.0526. The van der Waals surface area contributed by atoms with Gasteiger partial charge < -0.3 is 8.99 Å². The van der Waals surface area contributed by atoms with Gasteiger partial charge in [-0.25, -0.2) is 4.98 Å². The monoisotopic (exact) mass is 558 g/mol. The lowest BCUT2D eigenvalue weighted by Crippen LogP contribution is -2.53. The van der Waals surface area contributed by atoms with Gasteiger partial charge in [0.25, 0.3) is 0 Å². The summed E-state index contributed by atoms with van der Waals surface area (Å²) in [4.78, 5) is 5.84. The predicted octanol–water partition coefficient (Wildman–Crippen LogP) is 8.14. The normalized spacial score (nSPS) is 19.1. The second-order valence-corrected chi connectivity index (χ2v) is 17.9. The smallest absolute Gasteiger partial charge is 0.192 e. The van der Waals surface area contributed by atoms with Crippen LogP contribution in [0.2, 0.25) is 18.1 Å². The van der Waals surface area contributed by atoms with Crippen LogP contribution in [0.1, 0.15) is 77.6 Å². The highest BCUT2D eigenvalue weighted by Gasteiger charge is 2.49. The van der Waals surface area contributed by atoms with Crippen molar-refractivity contribution in [2.45, 2.75) is 97.0 Å². The summed E-state index contributed by atoms with van der Waals surface area (Å²) in [6, 6.07) is 2.47. The average Bonchev–Trinajstić information content (AvgIpc) is 3.32. The van der Waals surface area contributed by atoms with E-state index in [0.29, 0.717) is 5.92 Å². The molecule has 0 spiro atoms. The third kappa shape index (κ3) is 5.07. The fourth-order valence-corrected chi connectivity index (χ4v) is 8.39. The molecular weight excluding hydrogens is 519 g/mol. The van der Waals surface area contributed by atoms with Gasteiger partial charge >= 0.3 is 0 Å². The van der Waals surface area contributed by atoms with Gasteiger partial charge in [0.05, 0.1) is 18.5 Å². The summed E-state index contributed by atoms with van der Waals surface area (Å²) in [5, 5.41) is 2.43. The molecule has 2 unspecified atom stereocenters. The predicted molar refractivity (Wildman–Crippen MR) is 140 cm³/mol. The lowest BCUT2D eigenvalue weighted by atomic mass is 9.69. The fraction of sp³-hybridized carbons (Fsp3) is 0.708. The molecule has 0 N–H and O–H groups in total. The van der Waals surface area contributed by atoms with Crippen LogP contribution >= 0.6 is 33.9 Å². The van der Waals surface area contributed by atoms with Crippen molar-refractivity contribution in [2.75, 3.05) is 0 Å². The van der Waals surface area contributed by atoms with Crippen LogP contribution in [0, 0.1) is 14.9 Å². The number of aromatic nitrogens is 2. The van der Waals surface area contributed by atoms with Crippen molar-refractivity contribution in [3.63, 3.8) is 0 Å². The lowest BCUT2D eigenvalue weighted by molar-refractivity contribution is -0.0217. The van der Waals surface area contributed by atoms with Crippen LogP contribution in [0.4, 0.5) is 0 Å². The van der Waals surface area contributed by atoms with Crippen LogP contribution in [-0.2, 0) is 4.43 Å². The summed E-state index contributed by atoms with van der Waals surface area (Å²) in [6.07, 6.45) is 12.9. The molecule has 3 rings (SSSR count). The number of halogens is 1. The molecule has 3 nitrogen and oxygen atoms in total.